The number of aromatic amines is 1. The van der Waals surface area contributed by atoms with E-state index < -0.39 is 0 Å². The third kappa shape index (κ3) is 3.40. The third-order valence-electron chi connectivity index (χ3n) is 2.84. The van der Waals surface area contributed by atoms with Gasteiger partial charge in [0.05, 0.1) is 5.75 Å². The first kappa shape index (κ1) is 14.5. The van der Waals surface area contributed by atoms with E-state index in [0.717, 1.165) is 0 Å². The summed E-state index contributed by atoms with van der Waals surface area (Å²) in [6.45, 7) is 1.92. The van der Waals surface area contributed by atoms with Crippen molar-refractivity contribution in [2.75, 3.05) is 17.9 Å². The number of ether oxygens (including phenoxy) is 2. The molecule has 2 aromatic rings. The molecule has 1 aromatic carbocycles. The fraction of sp³-hybridized carbons (Fsp3) is 0.214. The zero-order chi connectivity index (χ0) is 15.5. The number of hydrogen-bond donors (Lipinski definition) is 2. The first-order valence-corrected chi connectivity index (χ1v) is 7.49. The number of carbonyl (C=O) groups is 1. The van der Waals surface area contributed by atoms with Gasteiger partial charge in [-0.1, -0.05) is 11.8 Å². The molecule has 0 atom stereocenters. The van der Waals surface area contributed by atoms with E-state index in [1.165, 1.54) is 17.8 Å². The topological polar surface area (TPSA) is 93.3 Å². The van der Waals surface area contributed by atoms with E-state index in [-0.39, 0.29) is 24.0 Å². The van der Waals surface area contributed by atoms with E-state index in [2.05, 4.69) is 15.3 Å². The van der Waals surface area contributed by atoms with Crippen LogP contribution in [0.1, 0.15) is 5.69 Å². The van der Waals surface area contributed by atoms with E-state index in [0.29, 0.717) is 28.0 Å². The number of rotatable bonds is 4. The van der Waals surface area contributed by atoms with Crippen LogP contribution in [0, 0.1) is 6.92 Å². The summed E-state index contributed by atoms with van der Waals surface area (Å²) >= 11 is 1.17. The largest absolute Gasteiger partial charge is 0.454 e. The van der Waals surface area contributed by atoms with E-state index >= 15 is 0 Å². The van der Waals surface area contributed by atoms with Gasteiger partial charge in [0.15, 0.2) is 16.7 Å². The number of aromatic nitrogens is 2. The second kappa shape index (κ2) is 6.10. The maximum atomic E-state index is 11.9. The molecule has 0 saturated carbocycles. The molecule has 0 spiro atoms. The molecule has 1 amide bonds. The average Bonchev–Trinajstić information content (AvgIpc) is 2.92. The smallest absolute Gasteiger partial charge is 0.251 e. The Morgan fingerprint density at radius 2 is 2.18 bits per heavy atom. The summed E-state index contributed by atoms with van der Waals surface area (Å²) in [5, 5.41) is 3.18. The van der Waals surface area contributed by atoms with Crippen molar-refractivity contribution in [1.82, 2.24) is 9.97 Å². The molecule has 0 aliphatic carbocycles. The zero-order valence-electron chi connectivity index (χ0n) is 11.7. The first-order chi connectivity index (χ1) is 10.6. The quantitative estimate of drug-likeness (QED) is 0.656. The van der Waals surface area contributed by atoms with Gasteiger partial charge >= 0.3 is 0 Å². The summed E-state index contributed by atoms with van der Waals surface area (Å²) in [7, 11) is 0. The molecule has 2 heterocycles. The maximum Gasteiger partial charge on any atom is 0.251 e. The van der Waals surface area contributed by atoms with Gasteiger partial charge in [0.1, 0.15) is 0 Å². The number of aryl methyl sites for hydroxylation is 1. The van der Waals surface area contributed by atoms with E-state index in [4.69, 9.17) is 9.47 Å². The standard InChI is InChI=1S/C14H13N3O4S/c1-8-4-12(18)17-14(15-8)22-6-13(19)16-9-2-3-10-11(5-9)21-7-20-10/h2-5H,6-7H2,1H3,(H,16,19)(H,15,17,18). The summed E-state index contributed by atoms with van der Waals surface area (Å²) in [4.78, 5) is 30.0. The number of nitrogens with zero attached hydrogens (tertiary/aromatic N) is 1. The normalized spacial score (nSPS) is 12.2. The highest BCUT2D eigenvalue weighted by molar-refractivity contribution is 7.99. The molecule has 1 aliphatic heterocycles. The number of amides is 1. The van der Waals surface area contributed by atoms with Crippen LogP contribution in [0.15, 0.2) is 34.2 Å². The number of nitrogens with one attached hydrogen (secondary N) is 2. The molecule has 0 unspecified atom stereocenters. The van der Waals surface area contributed by atoms with Crippen LogP contribution >= 0.6 is 11.8 Å². The van der Waals surface area contributed by atoms with Gasteiger partial charge in [-0.25, -0.2) is 4.98 Å². The van der Waals surface area contributed by atoms with E-state index in [1.807, 2.05) is 0 Å². The van der Waals surface area contributed by atoms with Crippen LogP contribution in [0.3, 0.4) is 0 Å². The molecule has 22 heavy (non-hydrogen) atoms. The molecule has 8 heteroatoms. The van der Waals surface area contributed by atoms with Crippen LogP contribution < -0.4 is 20.3 Å². The maximum absolute atomic E-state index is 11.9. The van der Waals surface area contributed by atoms with Crippen LogP contribution in [-0.4, -0.2) is 28.4 Å². The van der Waals surface area contributed by atoms with Gasteiger partial charge in [0, 0.05) is 23.5 Å². The van der Waals surface area contributed by atoms with Crippen molar-refractivity contribution in [3.63, 3.8) is 0 Å². The van der Waals surface area contributed by atoms with E-state index in [1.54, 1.807) is 25.1 Å². The molecule has 1 aliphatic rings. The fourth-order valence-corrected chi connectivity index (χ4v) is 2.65. The molecule has 0 fully saturated rings. The van der Waals surface area contributed by atoms with Gasteiger partial charge in [0.25, 0.3) is 5.56 Å². The fourth-order valence-electron chi connectivity index (χ4n) is 1.93. The Bertz CT molecular complexity index is 775. The third-order valence-corrected chi connectivity index (χ3v) is 3.72. The monoisotopic (exact) mass is 319 g/mol. The van der Waals surface area contributed by atoms with Crippen molar-refractivity contribution < 1.29 is 14.3 Å². The number of H-pyrrole nitrogens is 1. The number of anilines is 1. The van der Waals surface area contributed by atoms with Crippen molar-refractivity contribution in [1.29, 1.82) is 0 Å². The SMILES string of the molecule is Cc1cc(=O)[nH]c(SCC(=O)Nc2ccc3c(c2)OCO3)n1. The minimum Gasteiger partial charge on any atom is -0.454 e. The summed E-state index contributed by atoms with van der Waals surface area (Å²) in [6, 6.07) is 6.59. The number of thioether (sulfide) groups is 1. The number of carbonyl (C=O) groups excluding carboxylic acids is 1. The van der Waals surface area contributed by atoms with Crippen molar-refractivity contribution in [2.24, 2.45) is 0 Å². The Labute approximate surface area is 130 Å². The highest BCUT2D eigenvalue weighted by atomic mass is 32.2. The van der Waals surface area contributed by atoms with Crippen molar-refractivity contribution in [3.05, 3.63) is 40.3 Å². The molecule has 114 valence electrons. The van der Waals surface area contributed by atoms with Crippen LogP contribution in [0.25, 0.3) is 0 Å². The van der Waals surface area contributed by atoms with Gasteiger partial charge in [0.2, 0.25) is 12.7 Å². The Morgan fingerprint density at radius 3 is 3.00 bits per heavy atom. The Kier molecular flexibility index (Phi) is 4.01. The van der Waals surface area contributed by atoms with Crippen molar-refractivity contribution in [3.8, 4) is 11.5 Å². The highest BCUT2D eigenvalue weighted by Gasteiger charge is 2.14. The average molecular weight is 319 g/mol. The molecule has 7 nitrogen and oxygen atoms in total. The highest BCUT2D eigenvalue weighted by Crippen LogP contribution is 2.34. The summed E-state index contributed by atoms with van der Waals surface area (Å²) < 4.78 is 10.5. The zero-order valence-corrected chi connectivity index (χ0v) is 12.5. The number of hydrogen-bond acceptors (Lipinski definition) is 6. The molecule has 0 saturated heterocycles. The molecule has 3 rings (SSSR count). The molecule has 0 bridgehead atoms. The second-order valence-electron chi connectivity index (χ2n) is 4.60. The lowest BCUT2D eigenvalue weighted by molar-refractivity contribution is -0.113. The molecule has 2 N–H and O–H groups in total. The summed E-state index contributed by atoms with van der Waals surface area (Å²) in [5.74, 6) is 1.21. The van der Waals surface area contributed by atoms with Crippen LogP contribution in [0.4, 0.5) is 5.69 Å². The summed E-state index contributed by atoms with van der Waals surface area (Å²) in [5.41, 5.74) is 1.01. The molecular formula is C14H13N3O4S. The minimum absolute atomic E-state index is 0.140. The lowest BCUT2D eigenvalue weighted by Crippen LogP contribution is -2.15. The molecular weight excluding hydrogens is 306 g/mol. The van der Waals surface area contributed by atoms with Gasteiger partial charge in [-0.3, -0.25) is 9.59 Å². The predicted molar refractivity (Wildman–Crippen MR) is 81.5 cm³/mol. The lowest BCUT2D eigenvalue weighted by atomic mass is 10.3. The Balaban J connectivity index is 1.59. The molecule has 1 aromatic heterocycles. The molecule has 0 radical (unpaired) electrons. The van der Waals surface area contributed by atoms with Gasteiger partial charge < -0.3 is 19.8 Å². The Hall–Kier alpha value is -2.48. The van der Waals surface area contributed by atoms with Crippen LogP contribution in [-0.2, 0) is 4.79 Å². The van der Waals surface area contributed by atoms with E-state index in [9.17, 15) is 9.59 Å². The van der Waals surface area contributed by atoms with Crippen molar-refractivity contribution in [2.45, 2.75) is 12.1 Å². The van der Waals surface area contributed by atoms with Crippen LogP contribution in [0.2, 0.25) is 0 Å². The van der Waals surface area contributed by atoms with Gasteiger partial charge in [-0.05, 0) is 19.1 Å². The first-order valence-electron chi connectivity index (χ1n) is 6.50. The lowest BCUT2D eigenvalue weighted by Gasteiger charge is -2.06. The van der Waals surface area contributed by atoms with Gasteiger partial charge in [-0.15, -0.1) is 0 Å². The summed E-state index contributed by atoms with van der Waals surface area (Å²) in [6.07, 6.45) is 0. The number of benzene rings is 1. The Morgan fingerprint density at radius 1 is 1.36 bits per heavy atom. The van der Waals surface area contributed by atoms with Gasteiger partial charge in [-0.2, -0.15) is 0 Å². The van der Waals surface area contributed by atoms with Crippen LogP contribution in [0.5, 0.6) is 11.5 Å². The number of fused-ring (bicyclic) bond motifs is 1. The predicted octanol–water partition coefficient (Wildman–Crippen LogP) is 1.54. The second-order valence-corrected chi connectivity index (χ2v) is 5.56. The van der Waals surface area contributed by atoms with Crippen molar-refractivity contribution >= 4 is 23.4 Å². The minimum atomic E-state index is -0.230.